The zero-order chi connectivity index (χ0) is 24.9. The van der Waals surface area contributed by atoms with Crippen LogP contribution in [0.25, 0.3) is 0 Å². The zero-order valence-electron chi connectivity index (χ0n) is 20.8. The third kappa shape index (κ3) is 8.60. The van der Waals surface area contributed by atoms with Crippen molar-refractivity contribution >= 4 is 11.8 Å². The van der Waals surface area contributed by atoms with Crippen LogP contribution >= 0.6 is 0 Å². The molecule has 184 valence electrons. The molecule has 1 N–H and O–H groups in total. The van der Waals surface area contributed by atoms with Gasteiger partial charge in [-0.1, -0.05) is 85.3 Å². The van der Waals surface area contributed by atoms with Crippen molar-refractivity contribution in [2.24, 2.45) is 0 Å². The molecule has 0 spiro atoms. The van der Waals surface area contributed by atoms with Gasteiger partial charge in [0.1, 0.15) is 11.8 Å². The van der Waals surface area contributed by atoms with Crippen molar-refractivity contribution in [3.63, 3.8) is 0 Å². The van der Waals surface area contributed by atoms with E-state index in [1.54, 1.807) is 4.90 Å². The Bertz CT molecular complexity index is 1050. The highest BCUT2D eigenvalue weighted by Crippen LogP contribution is 2.17. The second-order valence-corrected chi connectivity index (χ2v) is 8.77. The Hall–Kier alpha value is -3.60. The summed E-state index contributed by atoms with van der Waals surface area (Å²) in [6.45, 7) is 5.47. The van der Waals surface area contributed by atoms with E-state index in [4.69, 9.17) is 4.74 Å². The van der Waals surface area contributed by atoms with E-state index in [9.17, 15) is 9.59 Å². The van der Waals surface area contributed by atoms with Gasteiger partial charge in [0, 0.05) is 25.9 Å². The third-order valence-electron chi connectivity index (χ3n) is 5.80. The van der Waals surface area contributed by atoms with Crippen LogP contribution in [0, 0.1) is 6.92 Å². The molecule has 3 aromatic carbocycles. The molecular formula is C30H36N2O3. The van der Waals surface area contributed by atoms with Crippen LogP contribution in [-0.2, 0) is 22.6 Å². The molecule has 0 aromatic heterocycles. The van der Waals surface area contributed by atoms with E-state index in [1.165, 1.54) is 0 Å². The summed E-state index contributed by atoms with van der Waals surface area (Å²) in [4.78, 5) is 28.6. The molecule has 0 fully saturated rings. The van der Waals surface area contributed by atoms with Crippen molar-refractivity contribution in [2.45, 2.75) is 52.1 Å². The first-order chi connectivity index (χ1) is 17.1. The van der Waals surface area contributed by atoms with Gasteiger partial charge in [0.15, 0.2) is 0 Å². The number of ether oxygens (including phenoxy) is 1. The predicted molar refractivity (Wildman–Crippen MR) is 140 cm³/mol. The maximum absolute atomic E-state index is 13.5. The van der Waals surface area contributed by atoms with Gasteiger partial charge < -0.3 is 15.0 Å². The lowest BCUT2D eigenvalue weighted by atomic mass is 10.0. The lowest BCUT2D eigenvalue weighted by molar-refractivity contribution is -0.141. The molecule has 35 heavy (non-hydrogen) atoms. The number of rotatable bonds is 13. The molecule has 1 atom stereocenters. The van der Waals surface area contributed by atoms with Crippen LogP contribution < -0.4 is 10.1 Å². The van der Waals surface area contributed by atoms with Gasteiger partial charge in [-0.05, 0) is 43.0 Å². The fraction of sp³-hybridized carbons (Fsp3) is 0.333. The van der Waals surface area contributed by atoms with Crippen LogP contribution in [0.15, 0.2) is 84.9 Å². The summed E-state index contributed by atoms with van der Waals surface area (Å²) in [6, 6.07) is 27.0. The van der Waals surface area contributed by atoms with Crippen molar-refractivity contribution in [2.75, 3.05) is 13.2 Å². The van der Waals surface area contributed by atoms with Gasteiger partial charge in [0.2, 0.25) is 11.8 Å². The van der Waals surface area contributed by atoms with Crippen molar-refractivity contribution in [1.82, 2.24) is 10.2 Å². The standard InChI is InChI=1S/C30H36N2O3/c1-3-19-31-30(34)28(22-25-13-6-4-7-14-25)32(23-26-15-10-12-24(2)21-26)29(33)18-11-20-35-27-16-8-5-9-17-27/h4-10,12-17,21,28H,3,11,18-20,22-23H2,1-2H3,(H,31,34)/t28-/m0/s1. The van der Waals surface area contributed by atoms with Crippen LogP contribution in [0.3, 0.4) is 0 Å². The van der Waals surface area contributed by atoms with Gasteiger partial charge >= 0.3 is 0 Å². The minimum absolute atomic E-state index is 0.0456. The molecule has 5 heteroatoms. The predicted octanol–water partition coefficient (Wildman–Crippen LogP) is 5.32. The van der Waals surface area contributed by atoms with E-state index < -0.39 is 6.04 Å². The van der Waals surface area contributed by atoms with E-state index in [1.807, 2.05) is 92.7 Å². The minimum Gasteiger partial charge on any atom is -0.494 e. The topological polar surface area (TPSA) is 58.6 Å². The van der Waals surface area contributed by atoms with Crippen molar-refractivity contribution in [1.29, 1.82) is 0 Å². The highest BCUT2D eigenvalue weighted by Gasteiger charge is 2.30. The first-order valence-electron chi connectivity index (χ1n) is 12.4. The fourth-order valence-electron chi connectivity index (χ4n) is 4.00. The summed E-state index contributed by atoms with van der Waals surface area (Å²) in [5, 5.41) is 3.02. The monoisotopic (exact) mass is 472 g/mol. The average molecular weight is 473 g/mol. The Balaban J connectivity index is 1.78. The Morgan fingerprint density at radius 3 is 2.29 bits per heavy atom. The Morgan fingerprint density at radius 1 is 0.914 bits per heavy atom. The number of amides is 2. The number of hydrogen-bond acceptors (Lipinski definition) is 3. The van der Waals surface area contributed by atoms with Gasteiger partial charge in [0.25, 0.3) is 0 Å². The van der Waals surface area contributed by atoms with E-state index in [-0.39, 0.29) is 11.8 Å². The van der Waals surface area contributed by atoms with E-state index in [2.05, 4.69) is 11.4 Å². The highest BCUT2D eigenvalue weighted by molar-refractivity contribution is 5.88. The van der Waals surface area contributed by atoms with Crippen molar-refractivity contribution < 1.29 is 14.3 Å². The van der Waals surface area contributed by atoms with E-state index >= 15 is 0 Å². The Morgan fingerprint density at radius 2 is 1.60 bits per heavy atom. The quantitative estimate of drug-likeness (QED) is 0.343. The van der Waals surface area contributed by atoms with Gasteiger partial charge in [-0.3, -0.25) is 9.59 Å². The molecule has 0 aliphatic heterocycles. The first kappa shape index (κ1) is 26.0. The van der Waals surface area contributed by atoms with Gasteiger partial charge in [-0.15, -0.1) is 0 Å². The van der Waals surface area contributed by atoms with E-state index in [0.29, 0.717) is 39.0 Å². The van der Waals surface area contributed by atoms with Crippen molar-refractivity contribution in [3.8, 4) is 5.75 Å². The molecule has 5 nitrogen and oxygen atoms in total. The number of hydrogen-bond donors (Lipinski definition) is 1. The van der Waals surface area contributed by atoms with Crippen LogP contribution in [0.5, 0.6) is 5.75 Å². The number of para-hydroxylation sites is 1. The van der Waals surface area contributed by atoms with Gasteiger partial charge in [-0.2, -0.15) is 0 Å². The van der Waals surface area contributed by atoms with Gasteiger partial charge in [0.05, 0.1) is 6.61 Å². The summed E-state index contributed by atoms with van der Waals surface area (Å²) >= 11 is 0. The lowest BCUT2D eigenvalue weighted by Crippen LogP contribution is -2.50. The first-order valence-corrected chi connectivity index (χ1v) is 12.4. The van der Waals surface area contributed by atoms with Crippen LogP contribution in [0.1, 0.15) is 42.9 Å². The number of aryl methyl sites for hydroxylation is 1. The largest absolute Gasteiger partial charge is 0.494 e. The number of nitrogens with one attached hydrogen (secondary N) is 1. The summed E-state index contributed by atoms with van der Waals surface area (Å²) < 4.78 is 5.78. The second-order valence-electron chi connectivity index (χ2n) is 8.77. The maximum atomic E-state index is 13.5. The SMILES string of the molecule is CCCNC(=O)[C@H](Cc1ccccc1)N(Cc1cccc(C)c1)C(=O)CCCOc1ccccc1. The average Bonchev–Trinajstić information content (AvgIpc) is 2.88. The number of carbonyl (C=O) groups excluding carboxylic acids is 2. The van der Waals surface area contributed by atoms with Crippen molar-refractivity contribution in [3.05, 3.63) is 102 Å². The fourth-order valence-corrected chi connectivity index (χ4v) is 4.00. The molecule has 0 unspecified atom stereocenters. The lowest BCUT2D eigenvalue weighted by Gasteiger charge is -2.31. The molecule has 3 aromatic rings. The summed E-state index contributed by atoms with van der Waals surface area (Å²) in [5.41, 5.74) is 3.17. The maximum Gasteiger partial charge on any atom is 0.243 e. The molecule has 0 saturated carbocycles. The van der Waals surface area contributed by atoms with Crippen LogP contribution in [-0.4, -0.2) is 35.9 Å². The molecule has 0 saturated heterocycles. The smallest absolute Gasteiger partial charge is 0.243 e. The highest BCUT2D eigenvalue weighted by atomic mass is 16.5. The molecule has 0 heterocycles. The second kappa shape index (κ2) is 14.0. The third-order valence-corrected chi connectivity index (χ3v) is 5.80. The Labute approximate surface area is 209 Å². The van der Waals surface area contributed by atoms with Crippen LogP contribution in [0.4, 0.5) is 0 Å². The minimum atomic E-state index is -0.591. The molecule has 0 aliphatic carbocycles. The molecule has 0 bridgehead atoms. The Kier molecular flexibility index (Phi) is 10.4. The molecular weight excluding hydrogens is 436 g/mol. The summed E-state index contributed by atoms with van der Waals surface area (Å²) in [5.74, 6) is 0.630. The molecule has 3 rings (SSSR count). The molecule has 2 amide bonds. The normalized spacial score (nSPS) is 11.5. The van der Waals surface area contributed by atoms with Gasteiger partial charge in [-0.25, -0.2) is 0 Å². The van der Waals surface area contributed by atoms with E-state index in [0.717, 1.165) is 28.9 Å². The summed E-state index contributed by atoms with van der Waals surface area (Å²) in [6.07, 6.45) is 2.19. The van der Waals surface area contributed by atoms with Crippen LogP contribution in [0.2, 0.25) is 0 Å². The zero-order valence-corrected chi connectivity index (χ0v) is 20.8. The molecule has 0 radical (unpaired) electrons. The number of benzene rings is 3. The number of carbonyl (C=O) groups is 2. The molecule has 0 aliphatic rings. The summed E-state index contributed by atoms with van der Waals surface area (Å²) in [7, 11) is 0. The number of nitrogens with zero attached hydrogens (tertiary/aromatic N) is 1.